The van der Waals surface area contributed by atoms with Crippen molar-refractivity contribution in [2.45, 2.75) is 25.9 Å². The predicted molar refractivity (Wildman–Crippen MR) is 115 cm³/mol. The maximum Gasteiger partial charge on any atom is 0.233 e. The molecule has 1 aromatic heterocycles. The smallest absolute Gasteiger partial charge is 0.233 e. The Labute approximate surface area is 174 Å². The van der Waals surface area contributed by atoms with Crippen LogP contribution in [-0.2, 0) is 4.79 Å². The first kappa shape index (κ1) is 20.4. The van der Waals surface area contributed by atoms with Crippen molar-refractivity contribution in [3.63, 3.8) is 0 Å². The fourth-order valence-corrected chi connectivity index (χ4v) is 3.93. The highest BCUT2D eigenvalue weighted by Crippen LogP contribution is 2.29. The van der Waals surface area contributed by atoms with Crippen LogP contribution in [0.3, 0.4) is 0 Å². The highest BCUT2D eigenvalue weighted by atomic mass is 35.5. The lowest BCUT2D eigenvalue weighted by Gasteiger charge is -2.18. The second kappa shape index (κ2) is 9.26. The number of hydrogen-bond acceptors (Lipinski definition) is 4. The maximum atomic E-state index is 12.4. The standard InChI is InChI=1S/C21H23ClN4OS/c1-4-25(5-2)19(27)14-28-21-24-23-20(16-8-6-7-15(3)13-16)26(21)18-11-9-17(22)10-12-18/h6-13H,4-5,14H2,1-3H3. The highest BCUT2D eigenvalue weighted by molar-refractivity contribution is 7.99. The van der Waals surface area contributed by atoms with E-state index in [-0.39, 0.29) is 5.91 Å². The number of rotatable bonds is 7. The van der Waals surface area contributed by atoms with Crippen molar-refractivity contribution in [2.24, 2.45) is 0 Å². The molecule has 0 aliphatic carbocycles. The second-order valence-electron chi connectivity index (χ2n) is 6.34. The number of aryl methyl sites for hydroxylation is 1. The Kier molecular flexibility index (Phi) is 6.75. The van der Waals surface area contributed by atoms with Gasteiger partial charge in [0.15, 0.2) is 11.0 Å². The Morgan fingerprint density at radius 1 is 1.11 bits per heavy atom. The van der Waals surface area contributed by atoms with Gasteiger partial charge in [-0.3, -0.25) is 9.36 Å². The zero-order valence-corrected chi connectivity index (χ0v) is 17.8. The van der Waals surface area contributed by atoms with Crippen molar-refractivity contribution in [1.29, 1.82) is 0 Å². The Balaban J connectivity index is 1.98. The normalized spacial score (nSPS) is 10.9. The molecule has 2 aromatic carbocycles. The molecule has 0 aliphatic heterocycles. The fraction of sp³-hybridized carbons (Fsp3) is 0.286. The van der Waals surface area contributed by atoms with Crippen LogP contribution in [0.5, 0.6) is 0 Å². The number of aromatic nitrogens is 3. The summed E-state index contributed by atoms with van der Waals surface area (Å²) in [5.41, 5.74) is 3.03. The van der Waals surface area contributed by atoms with Crippen LogP contribution in [0.15, 0.2) is 53.7 Å². The van der Waals surface area contributed by atoms with Gasteiger partial charge < -0.3 is 4.90 Å². The molecule has 0 spiro atoms. The molecule has 0 fully saturated rings. The Bertz CT molecular complexity index is 951. The molecule has 0 saturated heterocycles. The molecule has 3 rings (SSSR count). The van der Waals surface area contributed by atoms with Crippen LogP contribution in [-0.4, -0.2) is 44.4 Å². The number of hydrogen-bond donors (Lipinski definition) is 0. The van der Waals surface area contributed by atoms with Gasteiger partial charge in [0.1, 0.15) is 0 Å². The lowest BCUT2D eigenvalue weighted by atomic mass is 10.1. The van der Waals surface area contributed by atoms with Crippen LogP contribution in [0.4, 0.5) is 0 Å². The first-order valence-electron chi connectivity index (χ1n) is 9.22. The van der Waals surface area contributed by atoms with E-state index in [9.17, 15) is 4.79 Å². The molecule has 1 heterocycles. The summed E-state index contributed by atoms with van der Waals surface area (Å²) >= 11 is 7.46. The van der Waals surface area contributed by atoms with E-state index in [1.54, 1.807) is 0 Å². The molecule has 3 aromatic rings. The molecule has 5 nitrogen and oxygen atoms in total. The summed E-state index contributed by atoms with van der Waals surface area (Å²) in [5.74, 6) is 1.16. The van der Waals surface area contributed by atoms with E-state index in [2.05, 4.69) is 16.3 Å². The van der Waals surface area contributed by atoms with Gasteiger partial charge in [-0.1, -0.05) is 47.1 Å². The van der Waals surface area contributed by atoms with E-state index in [1.165, 1.54) is 11.8 Å². The fourth-order valence-electron chi connectivity index (χ4n) is 2.95. The average molecular weight is 415 g/mol. The minimum atomic E-state index is 0.0951. The summed E-state index contributed by atoms with van der Waals surface area (Å²) in [6.07, 6.45) is 0. The van der Waals surface area contributed by atoms with E-state index >= 15 is 0 Å². The van der Waals surface area contributed by atoms with Crippen molar-refractivity contribution in [3.05, 3.63) is 59.1 Å². The van der Waals surface area contributed by atoms with Crippen molar-refractivity contribution >= 4 is 29.3 Å². The summed E-state index contributed by atoms with van der Waals surface area (Å²) in [4.78, 5) is 14.2. The zero-order valence-electron chi connectivity index (χ0n) is 16.2. The summed E-state index contributed by atoms with van der Waals surface area (Å²) in [5, 5.41) is 10.1. The topological polar surface area (TPSA) is 51.0 Å². The largest absolute Gasteiger partial charge is 0.343 e. The van der Waals surface area contributed by atoms with Crippen LogP contribution < -0.4 is 0 Å². The van der Waals surface area contributed by atoms with Crippen LogP contribution in [0.2, 0.25) is 5.02 Å². The summed E-state index contributed by atoms with van der Waals surface area (Å²) in [6.45, 7) is 7.42. The molecule has 0 radical (unpaired) electrons. The minimum absolute atomic E-state index is 0.0951. The molecular formula is C21H23ClN4OS. The third-order valence-electron chi connectivity index (χ3n) is 4.44. The lowest BCUT2D eigenvalue weighted by molar-refractivity contribution is -0.127. The van der Waals surface area contributed by atoms with E-state index in [4.69, 9.17) is 11.6 Å². The lowest BCUT2D eigenvalue weighted by Crippen LogP contribution is -2.31. The van der Waals surface area contributed by atoms with Crippen molar-refractivity contribution in [2.75, 3.05) is 18.8 Å². The molecule has 1 amide bonds. The summed E-state index contributed by atoms with van der Waals surface area (Å²) < 4.78 is 1.98. The molecule has 0 atom stereocenters. The molecule has 0 saturated carbocycles. The van der Waals surface area contributed by atoms with Gasteiger partial charge in [-0.2, -0.15) is 0 Å². The number of carbonyl (C=O) groups excluding carboxylic acids is 1. The first-order valence-corrected chi connectivity index (χ1v) is 10.6. The average Bonchev–Trinajstić information content (AvgIpc) is 3.12. The van der Waals surface area contributed by atoms with Gasteiger partial charge >= 0.3 is 0 Å². The number of halogens is 1. The van der Waals surface area contributed by atoms with E-state index < -0.39 is 0 Å². The van der Waals surface area contributed by atoms with E-state index in [0.717, 1.165) is 22.6 Å². The SMILES string of the molecule is CCN(CC)C(=O)CSc1nnc(-c2cccc(C)c2)n1-c1ccc(Cl)cc1. The second-order valence-corrected chi connectivity index (χ2v) is 7.72. The van der Waals surface area contributed by atoms with Gasteiger partial charge in [0.25, 0.3) is 0 Å². The van der Waals surface area contributed by atoms with Crippen molar-refractivity contribution in [1.82, 2.24) is 19.7 Å². The number of benzene rings is 2. The Morgan fingerprint density at radius 3 is 2.46 bits per heavy atom. The predicted octanol–water partition coefficient (Wildman–Crippen LogP) is 4.86. The third-order valence-corrected chi connectivity index (χ3v) is 5.60. The number of nitrogens with zero attached hydrogens (tertiary/aromatic N) is 4. The molecular weight excluding hydrogens is 392 g/mol. The summed E-state index contributed by atoms with van der Waals surface area (Å²) in [7, 11) is 0. The number of carbonyl (C=O) groups is 1. The van der Waals surface area contributed by atoms with Crippen LogP contribution in [0, 0.1) is 6.92 Å². The molecule has 0 N–H and O–H groups in total. The first-order chi connectivity index (χ1) is 13.5. The maximum absolute atomic E-state index is 12.4. The Morgan fingerprint density at radius 2 is 1.82 bits per heavy atom. The molecule has 7 heteroatoms. The van der Waals surface area contributed by atoms with Gasteiger partial charge in [0.05, 0.1) is 5.75 Å². The van der Waals surface area contributed by atoms with Crippen LogP contribution in [0.25, 0.3) is 17.1 Å². The van der Waals surface area contributed by atoms with E-state index in [1.807, 2.05) is 72.7 Å². The van der Waals surface area contributed by atoms with Crippen LogP contribution >= 0.6 is 23.4 Å². The summed E-state index contributed by atoms with van der Waals surface area (Å²) in [6, 6.07) is 15.7. The molecule has 0 aliphatic rings. The molecule has 28 heavy (non-hydrogen) atoms. The van der Waals surface area contributed by atoms with Gasteiger partial charge in [-0.05, 0) is 51.1 Å². The van der Waals surface area contributed by atoms with Crippen LogP contribution in [0.1, 0.15) is 19.4 Å². The van der Waals surface area contributed by atoms with Gasteiger partial charge in [0, 0.05) is 29.4 Å². The van der Waals surface area contributed by atoms with Gasteiger partial charge in [-0.25, -0.2) is 0 Å². The monoisotopic (exact) mass is 414 g/mol. The number of thioether (sulfide) groups is 1. The van der Waals surface area contributed by atoms with Crippen molar-refractivity contribution in [3.8, 4) is 17.1 Å². The highest BCUT2D eigenvalue weighted by Gasteiger charge is 2.18. The van der Waals surface area contributed by atoms with E-state index in [0.29, 0.717) is 29.0 Å². The molecule has 0 unspecified atom stereocenters. The zero-order chi connectivity index (χ0) is 20.1. The quantitative estimate of drug-likeness (QED) is 0.518. The van der Waals surface area contributed by atoms with Gasteiger partial charge in [-0.15, -0.1) is 10.2 Å². The number of amides is 1. The van der Waals surface area contributed by atoms with Gasteiger partial charge in [0.2, 0.25) is 5.91 Å². The molecule has 146 valence electrons. The van der Waals surface area contributed by atoms with Crippen molar-refractivity contribution < 1.29 is 4.79 Å². The molecule has 0 bridgehead atoms. The minimum Gasteiger partial charge on any atom is -0.343 e. The third kappa shape index (κ3) is 4.56. The Hall–Kier alpha value is -2.31.